The minimum Gasteiger partial charge on any atom is -0.445 e. The molecule has 2 aliphatic heterocycles. The first-order valence-electron chi connectivity index (χ1n) is 8.60. The molecule has 1 N–H and O–H groups in total. The Morgan fingerprint density at radius 2 is 2.04 bits per heavy atom. The molecule has 0 aliphatic carbocycles. The maximum atomic E-state index is 12.4. The van der Waals surface area contributed by atoms with Gasteiger partial charge in [0.1, 0.15) is 12.6 Å². The first kappa shape index (κ1) is 16.8. The van der Waals surface area contributed by atoms with Crippen molar-refractivity contribution in [3.63, 3.8) is 0 Å². The molecule has 2 amide bonds. The standard InChI is InChI=1S/C18H24N2O4/c21-17(19-12-15-8-5-11-23-15)16-9-4-10-20(16)18(22)24-13-14-6-2-1-3-7-14/h1-3,6-7,15-16H,4-5,8-13H2,(H,19,21)/t15-,16-/m0/s1. The Hall–Kier alpha value is -2.08. The summed E-state index contributed by atoms with van der Waals surface area (Å²) in [6.07, 6.45) is 3.20. The van der Waals surface area contributed by atoms with Crippen molar-refractivity contribution in [1.29, 1.82) is 0 Å². The fourth-order valence-electron chi connectivity index (χ4n) is 3.20. The highest BCUT2D eigenvalue weighted by Crippen LogP contribution is 2.19. The predicted molar refractivity (Wildman–Crippen MR) is 88.3 cm³/mol. The van der Waals surface area contributed by atoms with Crippen LogP contribution in [0.4, 0.5) is 4.79 Å². The zero-order valence-electron chi connectivity index (χ0n) is 13.8. The average molecular weight is 332 g/mol. The molecule has 130 valence electrons. The maximum absolute atomic E-state index is 12.4. The van der Waals surface area contributed by atoms with Crippen LogP contribution >= 0.6 is 0 Å². The molecule has 6 nitrogen and oxygen atoms in total. The van der Waals surface area contributed by atoms with E-state index in [-0.39, 0.29) is 18.6 Å². The summed E-state index contributed by atoms with van der Waals surface area (Å²) in [5.74, 6) is -0.111. The topological polar surface area (TPSA) is 67.9 Å². The summed E-state index contributed by atoms with van der Waals surface area (Å²) in [4.78, 5) is 26.2. The molecule has 2 fully saturated rings. The third-order valence-corrected chi connectivity index (χ3v) is 4.52. The van der Waals surface area contributed by atoms with Crippen LogP contribution in [-0.2, 0) is 20.9 Å². The summed E-state index contributed by atoms with van der Waals surface area (Å²) in [7, 11) is 0. The molecule has 1 aromatic rings. The second-order valence-corrected chi connectivity index (χ2v) is 6.27. The number of rotatable bonds is 5. The molecule has 2 aliphatic rings. The molecule has 2 atom stereocenters. The molecule has 3 rings (SSSR count). The summed E-state index contributed by atoms with van der Waals surface area (Å²) in [5.41, 5.74) is 0.935. The average Bonchev–Trinajstić information content (AvgIpc) is 3.30. The molecular formula is C18H24N2O4. The van der Waals surface area contributed by atoms with Crippen LogP contribution in [0.25, 0.3) is 0 Å². The second kappa shape index (κ2) is 8.15. The highest BCUT2D eigenvalue weighted by atomic mass is 16.6. The first-order chi connectivity index (χ1) is 11.7. The van der Waals surface area contributed by atoms with Gasteiger partial charge in [-0.3, -0.25) is 9.69 Å². The smallest absolute Gasteiger partial charge is 0.410 e. The quantitative estimate of drug-likeness (QED) is 0.896. The number of ether oxygens (including phenoxy) is 2. The van der Waals surface area contributed by atoms with Gasteiger partial charge < -0.3 is 14.8 Å². The predicted octanol–water partition coefficient (Wildman–Crippen LogP) is 2.08. The van der Waals surface area contributed by atoms with Gasteiger partial charge in [-0.15, -0.1) is 0 Å². The molecule has 2 saturated heterocycles. The van der Waals surface area contributed by atoms with E-state index in [1.807, 2.05) is 30.3 Å². The van der Waals surface area contributed by atoms with E-state index in [4.69, 9.17) is 9.47 Å². The fraction of sp³-hybridized carbons (Fsp3) is 0.556. The number of carbonyl (C=O) groups is 2. The highest BCUT2D eigenvalue weighted by molar-refractivity contribution is 5.86. The Labute approximate surface area is 142 Å². The van der Waals surface area contributed by atoms with E-state index in [1.165, 1.54) is 4.90 Å². The fourth-order valence-corrected chi connectivity index (χ4v) is 3.20. The van der Waals surface area contributed by atoms with Crippen molar-refractivity contribution >= 4 is 12.0 Å². The monoisotopic (exact) mass is 332 g/mol. The van der Waals surface area contributed by atoms with Gasteiger partial charge in [0.15, 0.2) is 0 Å². The molecule has 0 bridgehead atoms. The van der Waals surface area contributed by atoms with E-state index in [2.05, 4.69) is 5.32 Å². The van der Waals surface area contributed by atoms with Crippen LogP contribution < -0.4 is 5.32 Å². The summed E-state index contributed by atoms with van der Waals surface area (Å²) < 4.78 is 10.9. The minimum absolute atomic E-state index is 0.105. The third kappa shape index (κ3) is 4.26. The molecule has 6 heteroatoms. The zero-order valence-corrected chi connectivity index (χ0v) is 13.8. The van der Waals surface area contributed by atoms with Gasteiger partial charge in [0, 0.05) is 19.7 Å². The molecular weight excluding hydrogens is 308 g/mol. The Bertz CT molecular complexity index is 557. The number of likely N-dealkylation sites (tertiary alicyclic amines) is 1. The van der Waals surface area contributed by atoms with Crippen LogP contribution in [0.15, 0.2) is 30.3 Å². The summed E-state index contributed by atoms with van der Waals surface area (Å²) in [5, 5.41) is 2.91. The van der Waals surface area contributed by atoms with E-state index in [0.29, 0.717) is 19.5 Å². The third-order valence-electron chi connectivity index (χ3n) is 4.52. The lowest BCUT2D eigenvalue weighted by Crippen LogP contribution is -2.47. The van der Waals surface area contributed by atoms with Gasteiger partial charge in [0.2, 0.25) is 5.91 Å². The van der Waals surface area contributed by atoms with Crippen molar-refractivity contribution < 1.29 is 19.1 Å². The molecule has 0 spiro atoms. The normalized spacial score (nSPS) is 23.2. The van der Waals surface area contributed by atoms with Crippen LogP contribution in [0, 0.1) is 0 Å². The van der Waals surface area contributed by atoms with E-state index in [9.17, 15) is 9.59 Å². The number of amides is 2. The first-order valence-corrected chi connectivity index (χ1v) is 8.60. The summed E-state index contributed by atoms with van der Waals surface area (Å²) >= 11 is 0. The summed E-state index contributed by atoms with van der Waals surface area (Å²) in [6, 6.07) is 9.10. The molecule has 24 heavy (non-hydrogen) atoms. The number of carbonyl (C=O) groups excluding carboxylic acids is 2. The Kier molecular flexibility index (Phi) is 5.69. The Morgan fingerprint density at radius 1 is 1.21 bits per heavy atom. The van der Waals surface area contributed by atoms with Crippen LogP contribution in [0.3, 0.4) is 0 Å². The van der Waals surface area contributed by atoms with E-state index in [0.717, 1.165) is 31.4 Å². The van der Waals surface area contributed by atoms with Gasteiger partial charge in [-0.2, -0.15) is 0 Å². The van der Waals surface area contributed by atoms with Gasteiger partial charge >= 0.3 is 6.09 Å². The van der Waals surface area contributed by atoms with Crippen molar-refractivity contribution in [3.8, 4) is 0 Å². The SMILES string of the molecule is O=C(NC[C@@H]1CCCO1)[C@@H]1CCCN1C(=O)OCc1ccccc1. The van der Waals surface area contributed by atoms with Gasteiger partial charge in [0.25, 0.3) is 0 Å². The lowest BCUT2D eigenvalue weighted by Gasteiger charge is -2.24. The van der Waals surface area contributed by atoms with Crippen LogP contribution in [0.2, 0.25) is 0 Å². The van der Waals surface area contributed by atoms with Crippen LogP contribution in [-0.4, -0.2) is 48.7 Å². The van der Waals surface area contributed by atoms with Gasteiger partial charge in [0.05, 0.1) is 6.10 Å². The van der Waals surface area contributed by atoms with E-state index in [1.54, 1.807) is 0 Å². The lowest BCUT2D eigenvalue weighted by atomic mass is 10.2. The molecule has 0 aromatic heterocycles. The zero-order chi connectivity index (χ0) is 16.8. The minimum atomic E-state index is -0.435. The van der Waals surface area contributed by atoms with Crippen molar-refractivity contribution in [2.45, 2.75) is 44.4 Å². The molecule has 0 radical (unpaired) electrons. The number of hydrogen-bond donors (Lipinski definition) is 1. The largest absolute Gasteiger partial charge is 0.445 e. The Morgan fingerprint density at radius 3 is 2.79 bits per heavy atom. The van der Waals surface area contributed by atoms with Gasteiger partial charge in [-0.1, -0.05) is 30.3 Å². The highest BCUT2D eigenvalue weighted by Gasteiger charge is 2.35. The number of nitrogens with one attached hydrogen (secondary N) is 1. The molecule has 1 aromatic carbocycles. The second-order valence-electron chi connectivity index (χ2n) is 6.27. The van der Waals surface area contributed by atoms with Gasteiger partial charge in [-0.05, 0) is 31.2 Å². The van der Waals surface area contributed by atoms with Crippen molar-refractivity contribution in [2.24, 2.45) is 0 Å². The van der Waals surface area contributed by atoms with E-state index < -0.39 is 12.1 Å². The number of nitrogens with zero attached hydrogens (tertiary/aromatic N) is 1. The van der Waals surface area contributed by atoms with E-state index >= 15 is 0 Å². The van der Waals surface area contributed by atoms with Crippen molar-refractivity contribution in [3.05, 3.63) is 35.9 Å². The van der Waals surface area contributed by atoms with Crippen molar-refractivity contribution in [2.75, 3.05) is 19.7 Å². The van der Waals surface area contributed by atoms with Crippen LogP contribution in [0.5, 0.6) is 0 Å². The summed E-state index contributed by atoms with van der Waals surface area (Å²) in [6.45, 7) is 2.07. The van der Waals surface area contributed by atoms with Crippen LogP contribution in [0.1, 0.15) is 31.2 Å². The molecule has 0 unspecified atom stereocenters. The molecule has 0 saturated carbocycles. The Balaban J connectivity index is 1.48. The van der Waals surface area contributed by atoms with Crippen molar-refractivity contribution in [1.82, 2.24) is 10.2 Å². The molecule has 2 heterocycles. The van der Waals surface area contributed by atoms with Gasteiger partial charge in [-0.25, -0.2) is 4.79 Å². The number of benzene rings is 1. The maximum Gasteiger partial charge on any atom is 0.410 e. The lowest BCUT2D eigenvalue weighted by molar-refractivity contribution is -0.125. The number of hydrogen-bond acceptors (Lipinski definition) is 4.